The Morgan fingerprint density at radius 3 is 2.32 bits per heavy atom. The van der Waals surface area contributed by atoms with E-state index in [0.29, 0.717) is 5.69 Å². The van der Waals surface area contributed by atoms with E-state index >= 15 is 0 Å². The molecule has 3 aliphatic rings. The lowest BCUT2D eigenvalue weighted by Gasteiger charge is -2.17. The number of imide groups is 1. The quantitative estimate of drug-likeness (QED) is 0.478. The third-order valence-electron chi connectivity index (χ3n) is 6.39. The van der Waals surface area contributed by atoms with Crippen LogP contribution < -0.4 is 4.90 Å². The molecule has 2 amide bonds. The minimum atomic E-state index is -0.158. The van der Waals surface area contributed by atoms with Crippen molar-refractivity contribution in [2.45, 2.75) is 13.3 Å². The van der Waals surface area contributed by atoms with Gasteiger partial charge < -0.3 is 0 Å². The predicted octanol–water partition coefficient (Wildman–Crippen LogP) is 4.58. The molecule has 3 aromatic rings. The van der Waals surface area contributed by atoms with Crippen LogP contribution in [0.1, 0.15) is 12.0 Å². The molecule has 28 heavy (non-hydrogen) atoms. The van der Waals surface area contributed by atoms with E-state index in [2.05, 4.69) is 31.2 Å². The van der Waals surface area contributed by atoms with Gasteiger partial charge in [-0.2, -0.15) is 0 Å². The number of anilines is 1. The molecule has 4 atom stereocenters. The lowest BCUT2D eigenvalue weighted by Crippen LogP contribution is -2.32. The second-order valence-corrected chi connectivity index (χ2v) is 9.08. The van der Waals surface area contributed by atoms with Gasteiger partial charge in [-0.3, -0.25) is 14.5 Å². The molecule has 2 bridgehead atoms. The molecule has 2 aliphatic carbocycles. The summed E-state index contributed by atoms with van der Waals surface area (Å²) in [6, 6.07) is 13.9. The molecule has 1 saturated heterocycles. The van der Waals surface area contributed by atoms with E-state index in [-0.39, 0.29) is 35.5 Å². The SMILES string of the molecule is Cc1ccc2nc(-c3ccc(N4C(=O)[C@@H]5[C@@H](C4=O)[C@H]4C=C[C@H]5C4)cc3)sc2c1. The van der Waals surface area contributed by atoms with Gasteiger partial charge in [-0.15, -0.1) is 11.3 Å². The molecule has 138 valence electrons. The fourth-order valence-electron chi connectivity index (χ4n) is 5.07. The largest absolute Gasteiger partial charge is 0.274 e. The first-order chi connectivity index (χ1) is 13.6. The Morgan fingerprint density at radius 2 is 1.64 bits per heavy atom. The van der Waals surface area contributed by atoms with Crippen molar-refractivity contribution >= 4 is 39.1 Å². The third-order valence-corrected chi connectivity index (χ3v) is 7.45. The van der Waals surface area contributed by atoms with Crippen LogP contribution in [0.3, 0.4) is 0 Å². The number of amides is 2. The number of carbonyl (C=O) groups excluding carboxylic acids is 2. The number of benzene rings is 2. The molecular weight excluding hydrogens is 368 g/mol. The highest BCUT2D eigenvalue weighted by molar-refractivity contribution is 7.21. The standard InChI is InChI=1S/C23H18N2O2S/c1-12-2-9-17-18(10-12)28-21(24-17)13-5-7-16(8-6-13)25-22(26)19-14-3-4-15(11-14)20(19)23(25)27/h2-10,14-15,19-20H,11H2,1H3/t14-,15-,19-,20-/m0/s1. The van der Waals surface area contributed by atoms with Crippen molar-refractivity contribution in [1.29, 1.82) is 0 Å². The summed E-state index contributed by atoms with van der Waals surface area (Å²) in [5, 5.41) is 0.949. The summed E-state index contributed by atoms with van der Waals surface area (Å²) in [5.74, 6) is 0.0957. The van der Waals surface area contributed by atoms with E-state index in [1.165, 1.54) is 15.2 Å². The zero-order valence-corrected chi connectivity index (χ0v) is 16.1. The Hall–Kier alpha value is -2.79. The van der Waals surface area contributed by atoms with Crippen molar-refractivity contribution in [2.75, 3.05) is 4.90 Å². The summed E-state index contributed by atoms with van der Waals surface area (Å²) < 4.78 is 1.17. The summed E-state index contributed by atoms with van der Waals surface area (Å²) in [5.41, 5.74) is 3.89. The molecule has 0 unspecified atom stereocenters. The van der Waals surface area contributed by atoms with Gasteiger partial charge in [0.2, 0.25) is 11.8 Å². The zero-order chi connectivity index (χ0) is 19.0. The molecule has 2 heterocycles. The lowest BCUT2D eigenvalue weighted by molar-refractivity contribution is -0.123. The second-order valence-electron chi connectivity index (χ2n) is 8.05. The van der Waals surface area contributed by atoms with Crippen LogP contribution >= 0.6 is 11.3 Å². The maximum absolute atomic E-state index is 13.0. The first kappa shape index (κ1) is 16.2. The summed E-state index contributed by atoms with van der Waals surface area (Å²) in [7, 11) is 0. The molecule has 5 heteroatoms. The van der Waals surface area contributed by atoms with Gasteiger partial charge in [0.1, 0.15) is 5.01 Å². The maximum Gasteiger partial charge on any atom is 0.238 e. The highest BCUT2D eigenvalue weighted by Gasteiger charge is 2.59. The number of fused-ring (bicyclic) bond motifs is 6. The van der Waals surface area contributed by atoms with Crippen molar-refractivity contribution in [1.82, 2.24) is 4.98 Å². The topological polar surface area (TPSA) is 50.3 Å². The van der Waals surface area contributed by atoms with Gasteiger partial charge in [0, 0.05) is 5.56 Å². The monoisotopic (exact) mass is 386 g/mol. The highest BCUT2D eigenvalue weighted by atomic mass is 32.1. The minimum absolute atomic E-state index is 0.0323. The van der Waals surface area contributed by atoms with Crippen molar-refractivity contribution < 1.29 is 9.59 Å². The molecule has 6 rings (SSSR count). The smallest absolute Gasteiger partial charge is 0.238 e. The van der Waals surface area contributed by atoms with Gasteiger partial charge in [-0.25, -0.2) is 4.98 Å². The fourth-order valence-corrected chi connectivity index (χ4v) is 6.13. The van der Waals surface area contributed by atoms with Gasteiger partial charge in [0.15, 0.2) is 0 Å². The summed E-state index contributed by atoms with van der Waals surface area (Å²) in [4.78, 5) is 32.0. The van der Waals surface area contributed by atoms with Gasteiger partial charge in [-0.1, -0.05) is 18.2 Å². The molecule has 1 aliphatic heterocycles. The first-order valence-electron chi connectivity index (χ1n) is 9.64. The number of hydrogen-bond acceptors (Lipinski definition) is 4. The molecule has 0 spiro atoms. The van der Waals surface area contributed by atoms with Crippen LogP contribution in [0.2, 0.25) is 0 Å². The van der Waals surface area contributed by atoms with Crippen LogP contribution in [-0.2, 0) is 9.59 Å². The van der Waals surface area contributed by atoms with Crippen molar-refractivity contribution in [3.05, 3.63) is 60.2 Å². The fraction of sp³-hybridized carbons (Fsp3) is 0.261. The van der Waals surface area contributed by atoms with Crippen LogP contribution in [0.25, 0.3) is 20.8 Å². The van der Waals surface area contributed by atoms with Gasteiger partial charge >= 0.3 is 0 Å². The van der Waals surface area contributed by atoms with Crippen LogP contribution in [0.15, 0.2) is 54.6 Å². The average molecular weight is 386 g/mol. The Kier molecular flexibility index (Phi) is 3.24. The van der Waals surface area contributed by atoms with Gasteiger partial charge in [0.05, 0.1) is 27.7 Å². The number of thiazole rings is 1. The van der Waals surface area contributed by atoms with Gasteiger partial charge in [0.25, 0.3) is 0 Å². The van der Waals surface area contributed by atoms with E-state index in [9.17, 15) is 9.59 Å². The van der Waals surface area contributed by atoms with Crippen molar-refractivity contribution in [3.63, 3.8) is 0 Å². The number of aryl methyl sites for hydroxylation is 1. The Labute approximate surface area is 166 Å². The third kappa shape index (κ3) is 2.14. The second kappa shape index (κ2) is 5.61. The van der Waals surface area contributed by atoms with E-state index in [4.69, 9.17) is 4.98 Å². The molecule has 0 N–H and O–H groups in total. The number of allylic oxidation sites excluding steroid dienone is 2. The van der Waals surface area contributed by atoms with Crippen LogP contribution in [-0.4, -0.2) is 16.8 Å². The number of rotatable bonds is 2. The number of nitrogens with zero attached hydrogens (tertiary/aromatic N) is 2. The van der Waals surface area contributed by atoms with Crippen LogP contribution in [0.5, 0.6) is 0 Å². The highest BCUT2D eigenvalue weighted by Crippen LogP contribution is 2.53. The maximum atomic E-state index is 13.0. The lowest BCUT2D eigenvalue weighted by atomic mass is 9.85. The van der Waals surface area contributed by atoms with E-state index in [0.717, 1.165) is 22.5 Å². The molecule has 2 aromatic carbocycles. The van der Waals surface area contributed by atoms with Crippen LogP contribution in [0.4, 0.5) is 5.69 Å². The Balaban J connectivity index is 1.33. The molecule has 2 fully saturated rings. The normalized spacial score (nSPS) is 28.0. The minimum Gasteiger partial charge on any atom is -0.274 e. The molecular formula is C23H18N2O2S. The summed E-state index contributed by atoms with van der Waals surface area (Å²) in [6.07, 6.45) is 5.20. The first-order valence-corrected chi connectivity index (χ1v) is 10.5. The molecule has 0 radical (unpaired) electrons. The van der Waals surface area contributed by atoms with Crippen molar-refractivity contribution in [3.8, 4) is 10.6 Å². The summed E-state index contributed by atoms with van der Waals surface area (Å²) >= 11 is 1.66. The molecule has 1 saturated carbocycles. The zero-order valence-electron chi connectivity index (χ0n) is 15.3. The average Bonchev–Trinajstić information content (AvgIpc) is 3.45. The van der Waals surface area contributed by atoms with Crippen molar-refractivity contribution in [2.24, 2.45) is 23.7 Å². The van der Waals surface area contributed by atoms with Gasteiger partial charge in [-0.05, 0) is 67.1 Å². The van der Waals surface area contributed by atoms with Crippen LogP contribution in [0, 0.1) is 30.6 Å². The van der Waals surface area contributed by atoms with E-state index in [1.54, 1.807) is 11.3 Å². The molecule has 4 nitrogen and oxygen atoms in total. The Morgan fingerprint density at radius 1 is 0.964 bits per heavy atom. The molecule has 1 aromatic heterocycles. The van der Waals surface area contributed by atoms with E-state index < -0.39 is 0 Å². The Bertz CT molecular complexity index is 1150. The number of aromatic nitrogens is 1. The van der Waals surface area contributed by atoms with E-state index in [1.807, 2.05) is 30.3 Å². The summed E-state index contributed by atoms with van der Waals surface area (Å²) in [6.45, 7) is 2.08. The predicted molar refractivity (Wildman–Crippen MR) is 110 cm³/mol. The number of hydrogen-bond donors (Lipinski definition) is 0. The number of carbonyl (C=O) groups is 2.